The van der Waals surface area contributed by atoms with Crippen LogP contribution in [-0.4, -0.2) is 40.8 Å². The number of anilines is 2. The Labute approximate surface area is 120 Å². The SMILES string of the molecule is CCNc1cc(N2CCC(C)C2CO)nc(C2CC2)n1. The molecule has 0 aromatic carbocycles. The quantitative estimate of drug-likeness (QED) is 0.861. The first-order valence-corrected chi connectivity index (χ1v) is 7.73. The van der Waals surface area contributed by atoms with Gasteiger partial charge in [0.05, 0.1) is 12.6 Å². The fourth-order valence-corrected chi connectivity index (χ4v) is 2.97. The number of aliphatic hydroxyl groups is 1. The van der Waals surface area contributed by atoms with E-state index in [9.17, 15) is 5.11 Å². The normalized spacial score (nSPS) is 26.1. The minimum absolute atomic E-state index is 0.187. The first kappa shape index (κ1) is 13.6. The van der Waals surface area contributed by atoms with E-state index < -0.39 is 0 Å². The monoisotopic (exact) mass is 276 g/mol. The van der Waals surface area contributed by atoms with Gasteiger partial charge in [-0.05, 0) is 32.1 Å². The van der Waals surface area contributed by atoms with E-state index in [1.807, 2.05) is 6.07 Å². The Balaban J connectivity index is 1.91. The molecule has 110 valence electrons. The molecule has 2 unspecified atom stereocenters. The molecule has 0 radical (unpaired) electrons. The predicted octanol–water partition coefficient (Wildman–Crippen LogP) is 1.99. The molecule has 5 heteroatoms. The van der Waals surface area contributed by atoms with Gasteiger partial charge in [-0.25, -0.2) is 9.97 Å². The summed E-state index contributed by atoms with van der Waals surface area (Å²) in [5.41, 5.74) is 0. The fourth-order valence-electron chi connectivity index (χ4n) is 2.97. The third-order valence-corrected chi connectivity index (χ3v) is 4.39. The van der Waals surface area contributed by atoms with Crippen molar-refractivity contribution in [2.75, 3.05) is 29.9 Å². The van der Waals surface area contributed by atoms with E-state index in [4.69, 9.17) is 4.98 Å². The predicted molar refractivity (Wildman–Crippen MR) is 80.2 cm³/mol. The van der Waals surface area contributed by atoms with Gasteiger partial charge in [-0.2, -0.15) is 0 Å². The van der Waals surface area contributed by atoms with Crippen molar-refractivity contribution in [3.8, 4) is 0 Å². The highest BCUT2D eigenvalue weighted by Crippen LogP contribution is 2.40. The number of hydrogen-bond acceptors (Lipinski definition) is 5. The molecule has 1 aromatic heterocycles. The van der Waals surface area contributed by atoms with Crippen LogP contribution < -0.4 is 10.2 Å². The lowest BCUT2D eigenvalue weighted by atomic mass is 10.0. The van der Waals surface area contributed by atoms with Crippen LogP contribution in [0.15, 0.2) is 6.07 Å². The van der Waals surface area contributed by atoms with Crippen molar-refractivity contribution < 1.29 is 5.11 Å². The first-order valence-electron chi connectivity index (χ1n) is 7.73. The van der Waals surface area contributed by atoms with Gasteiger partial charge >= 0.3 is 0 Å². The molecule has 0 spiro atoms. The van der Waals surface area contributed by atoms with Gasteiger partial charge in [0.2, 0.25) is 0 Å². The Kier molecular flexibility index (Phi) is 3.78. The molecule has 0 amide bonds. The van der Waals surface area contributed by atoms with Crippen molar-refractivity contribution in [3.05, 3.63) is 11.9 Å². The molecule has 0 bridgehead atoms. The smallest absolute Gasteiger partial charge is 0.136 e. The van der Waals surface area contributed by atoms with Gasteiger partial charge in [-0.1, -0.05) is 6.92 Å². The molecule has 20 heavy (non-hydrogen) atoms. The molecular formula is C15H24N4O. The molecule has 1 aromatic rings. The third kappa shape index (κ3) is 2.59. The first-order chi connectivity index (χ1) is 9.72. The maximum absolute atomic E-state index is 9.63. The van der Waals surface area contributed by atoms with Gasteiger partial charge in [0.25, 0.3) is 0 Å². The highest BCUT2D eigenvalue weighted by atomic mass is 16.3. The van der Waals surface area contributed by atoms with E-state index in [0.717, 1.165) is 37.0 Å². The van der Waals surface area contributed by atoms with Crippen LogP contribution in [0.2, 0.25) is 0 Å². The maximum Gasteiger partial charge on any atom is 0.136 e. The summed E-state index contributed by atoms with van der Waals surface area (Å²) in [6, 6.07) is 2.21. The lowest BCUT2D eigenvalue weighted by Crippen LogP contribution is -2.36. The summed E-state index contributed by atoms with van der Waals surface area (Å²) in [5, 5.41) is 12.9. The zero-order chi connectivity index (χ0) is 14.1. The van der Waals surface area contributed by atoms with Crippen molar-refractivity contribution >= 4 is 11.6 Å². The molecule has 1 saturated heterocycles. The van der Waals surface area contributed by atoms with E-state index >= 15 is 0 Å². The Morgan fingerprint density at radius 2 is 2.15 bits per heavy atom. The Bertz CT molecular complexity index is 475. The number of rotatable bonds is 5. The molecule has 5 nitrogen and oxygen atoms in total. The van der Waals surface area contributed by atoms with E-state index in [-0.39, 0.29) is 12.6 Å². The topological polar surface area (TPSA) is 61.3 Å². The summed E-state index contributed by atoms with van der Waals surface area (Å²) in [5.74, 6) is 3.91. The average molecular weight is 276 g/mol. The van der Waals surface area contributed by atoms with Gasteiger partial charge < -0.3 is 15.3 Å². The van der Waals surface area contributed by atoms with Gasteiger partial charge in [0, 0.05) is 25.1 Å². The Morgan fingerprint density at radius 3 is 2.80 bits per heavy atom. The van der Waals surface area contributed by atoms with Crippen molar-refractivity contribution in [2.24, 2.45) is 5.92 Å². The summed E-state index contributed by atoms with van der Waals surface area (Å²) in [4.78, 5) is 11.6. The molecule has 2 aliphatic rings. The number of nitrogens with zero attached hydrogens (tertiary/aromatic N) is 3. The van der Waals surface area contributed by atoms with Crippen LogP contribution in [0.5, 0.6) is 0 Å². The Morgan fingerprint density at radius 1 is 1.35 bits per heavy atom. The highest BCUT2D eigenvalue weighted by molar-refractivity contribution is 5.51. The van der Waals surface area contributed by atoms with Gasteiger partial charge in [0.1, 0.15) is 17.5 Å². The number of nitrogens with one attached hydrogen (secondary N) is 1. The molecule has 2 N–H and O–H groups in total. The van der Waals surface area contributed by atoms with Crippen LogP contribution in [0.1, 0.15) is 44.9 Å². The molecule has 1 aliphatic heterocycles. The number of hydrogen-bond donors (Lipinski definition) is 2. The summed E-state index contributed by atoms with van der Waals surface area (Å²) in [6.07, 6.45) is 3.52. The van der Waals surface area contributed by atoms with Crippen LogP contribution in [0.4, 0.5) is 11.6 Å². The molecule has 2 atom stereocenters. The van der Waals surface area contributed by atoms with Crippen LogP contribution in [0.3, 0.4) is 0 Å². The van der Waals surface area contributed by atoms with E-state index in [1.54, 1.807) is 0 Å². The molecule has 2 heterocycles. The molecule has 3 rings (SSSR count). The standard InChI is InChI=1S/C15H24N4O/c1-3-16-13-8-14(18-15(17-13)11-4-5-11)19-7-6-10(2)12(19)9-20/h8,10-12,20H,3-7,9H2,1-2H3,(H,16,17,18). The highest BCUT2D eigenvalue weighted by Gasteiger charge is 2.33. The van der Waals surface area contributed by atoms with Crippen LogP contribution in [-0.2, 0) is 0 Å². The van der Waals surface area contributed by atoms with Crippen LogP contribution in [0, 0.1) is 5.92 Å². The largest absolute Gasteiger partial charge is 0.394 e. The summed E-state index contributed by atoms with van der Waals surface area (Å²) in [7, 11) is 0. The minimum atomic E-state index is 0.187. The number of aliphatic hydroxyl groups excluding tert-OH is 1. The third-order valence-electron chi connectivity index (χ3n) is 4.39. The summed E-state index contributed by atoms with van der Waals surface area (Å²) in [6.45, 7) is 6.31. The zero-order valence-electron chi connectivity index (χ0n) is 12.3. The molecule has 1 aliphatic carbocycles. The summed E-state index contributed by atoms with van der Waals surface area (Å²) >= 11 is 0. The second kappa shape index (κ2) is 5.56. The van der Waals surface area contributed by atoms with E-state index in [2.05, 4.69) is 29.0 Å². The van der Waals surface area contributed by atoms with Crippen molar-refractivity contribution in [1.29, 1.82) is 0 Å². The van der Waals surface area contributed by atoms with Crippen molar-refractivity contribution in [3.63, 3.8) is 0 Å². The molecular weight excluding hydrogens is 252 g/mol. The average Bonchev–Trinajstić information content (AvgIpc) is 3.22. The lowest BCUT2D eigenvalue weighted by molar-refractivity contribution is 0.244. The fraction of sp³-hybridized carbons (Fsp3) is 0.733. The second-order valence-corrected chi connectivity index (χ2v) is 5.98. The lowest BCUT2D eigenvalue weighted by Gasteiger charge is -2.27. The molecule has 2 fully saturated rings. The van der Waals surface area contributed by atoms with Crippen LogP contribution in [0.25, 0.3) is 0 Å². The van der Waals surface area contributed by atoms with Crippen molar-refractivity contribution in [1.82, 2.24) is 9.97 Å². The number of aromatic nitrogens is 2. The van der Waals surface area contributed by atoms with Gasteiger partial charge in [0.15, 0.2) is 0 Å². The van der Waals surface area contributed by atoms with Gasteiger partial charge in [-0.15, -0.1) is 0 Å². The minimum Gasteiger partial charge on any atom is -0.394 e. The van der Waals surface area contributed by atoms with Crippen molar-refractivity contribution in [2.45, 2.75) is 45.1 Å². The second-order valence-electron chi connectivity index (χ2n) is 5.98. The van der Waals surface area contributed by atoms with Gasteiger partial charge in [-0.3, -0.25) is 0 Å². The Hall–Kier alpha value is -1.36. The zero-order valence-corrected chi connectivity index (χ0v) is 12.3. The van der Waals surface area contributed by atoms with E-state index in [1.165, 1.54) is 12.8 Å². The molecule has 1 saturated carbocycles. The van der Waals surface area contributed by atoms with Crippen LogP contribution >= 0.6 is 0 Å². The van der Waals surface area contributed by atoms with E-state index in [0.29, 0.717) is 11.8 Å². The maximum atomic E-state index is 9.63. The summed E-state index contributed by atoms with van der Waals surface area (Å²) < 4.78 is 0.